The summed E-state index contributed by atoms with van der Waals surface area (Å²) in [4.78, 5) is 7.88. The van der Waals surface area contributed by atoms with Crippen molar-refractivity contribution in [1.29, 1.82) is 0 Å². The quantitative estimate of drug-likeness (QED) is 0.787. The zero-order valence-corrected chi connectivity index (χ0v) is 13.3. The molecule has 0 aliphatic heterocycles. The molecule has 5 nitrogen and oxygen atoms in total. The molecule has 0 atom stereocenters. The van der Waals surface area contributed by atoms with Crippen LogP contribution in [0.5, 0.6) is 17.2 Å². The van der Waals surface area contributed by atoms with Crippen molar-refractivity contribution in [2.75, 3.05) is 21.3 Å². The topological polar surface area (TPSA) is 53.5 Å². The normalized spacial score (nSPS) is 10.3. The summed E-state index contributed by atoms with van der Waals surface area (Å²) < 4.78 is 15.9. The fraction of sp³-hybridized carbons (Fsp3) is 0.286. The van der Waals surface area contributed by atoms with Crippen LogP contribution in [-0.2, 0) is 6.42 Å². The Hall–Kier alpha value is -1.72. The van der Waals surface area contributed by atoms with Crippen LogP contribution < -0.4 is 14.2 Å². The molecular weight excluding hydrogens is 315 g/mol. The summed E-state index contributed by atoms with van der Waals surface area (Å²) in [6.07, 6.45) is 1.78. The van der Waals surface area contributed by atoms with E-state index >= 15 is 0 Å². The van der Waals surface area contributed by atoms with E-state index in [1.54, 1.807) is 21.3 Å². The first-order valence-electron chi connectivity index (χ1n) is 6.04. The first-order chi connectivity index (χ1) is 10.1. The number of halogens is 2. The minimum absolute atomic E-state index is 0.323. The molecule has 2 aromatic rings. The Morgan fingerprint density at radius 3 is 1.86 bits per heavy atom. The van der Waals surface area contributed by atoms with Gasteiger partial charge in [0, 0.05) is 12.0 Å². The molecular formula is C14H14Cl2N2O3. The molecule has 112 valence electrons. The Morgan fingerprint density at radius 1 is 0.905 bits per heavy atom. The zero-order chi connectivity index (χ0) is 15.4. The second-order valence-electron chi connectivity index (χ2n) is 4.14. The SMILES string of the molecule is COc1cc(Cc2c(Cl)ncnc2Cl)cc(OC)c1OC. The highest BCUT2D eigenvalue weighted by molar-refractivity contribution is 6.34. The number of hydrogen-bond donors (Lipinski definition) is 0. The zero-order valence-electron chi connectivity index (χ0n) is 11.8. The summed E-state index contributed by atoms with van der Waals surface area (Å²) in [7, 11) is 4.68. The summed E-state index contributed by atoms with van der Waals surface area (Å²) in [6.45, 7) is 0. The molecule has 0 radical (unpaired) electrons. The minimum atomic E-state index is 0.323. The van der Waals surface area contributed by atoms with E-state index < -0.39 is 0 Å². The van der Waals surface area contributed by atoms with Gasteiger partial charge in [0.25, 0.3) is 0 Å². The molecule has 21 heavy (non-hydrogen) atoms. The van der Waals surface area contributed by atoms with Crippen molar-refractivity contribution in [1.82, 2.24) is 9.97 Å². The average molecular weight is 329 g/mol. The molecule has 0 spiro atoms. The molecule has 1 heterocycles. The van der Waals surface area contributed by atoms with Gasteiger partial charge in [0.05, 0.1) is 21.3 Å². The van der Waals surface area contributed by atoms with Gasteiger partial charge < -0.3 is 14.2 Å². The highest BCUT2D eigenvalue weighted by Gasteiger charge is 2.15. The molecule has 0 N–H and O–H groups in total. The number of rotatable bonds is 5. The van der Waals surface area contributed by atoms with Gasteiger partial charge in [-0.1, -0.05) is 23.2 Å². The number of nitrogens with zero attached hydrogens (tertiary/aromatic N) is 2. The lowest BCUT2D eigenvalue weighted by Crippen LogP contribution is -1.99. The summed E-state index contributed by atoms with van der Waals surface area (Å²) in [5.41, 5.74) is 1.54. The monoisotopic (exact) mass is 328 g/mol. The van der Waals surface area contributed by atoms with Crippen molar-refractivity contribution in [3.8, 4) is 17.2 Å². The minimum Gasteiger partial charge on any atom is -0.493 e. The Bertz CT molecular complexity index is 605. The summed E-state index contributed by atoms with van der Waals surface area (Å²) in [5, 5.41) is 0.646. The summed E-state index contributed by atoms with van der Waals surface area (Å²) in [6, 6.07) is 3.67. The smallest absolute Gasteiger partial charge is 0.203 e. The molecule has 0 aliphatic rings. The molecule has 0 saturated heterocycles. The predicted octanol–water partition coefficient (Wildman–Crippen LogP) is 3.40. The van der Waals surface area contributed by atoms with Crippen LogP contribution in [-0.4, -0.2) is 31.3 Å². The maximum Gasteiger partial charge on any atom is 0.203 e. The van der Waals surface area contributed by atoms with Crippen molar-refractivity contribution in [2.24, 2.45) is 0 Å². The molecule has 0 fully saturated rings. The van der Waals surface area contributed by atoms with Crippen LogP contribution in [0.25, 0.3) is 0 Å². The Balaban J connectivity index is 2.45. The molecule has 7 heteroatoms. The largest absolute Gasteiger partial charge is 0.493 e. The third kappa shape index (κ3) is 3.31. The van der Waals surface area contributed by atoms with E-state index in [0.717, 1.165) is 5.56 Å². The van der Waals surface area contributed by atoms with Crippen molar-refractivity contribution < 1.29 is 14.2 Å². The second kappa shape index (κ2) is 6.83. The summed E-state index contributed by atoms with van der Waals surface area (Å²) in [5.74, 6) is 1.66. The second-order valence-corrected chi connectivity index (χ2v) is 4.86. The lowest BCUT2D eigenvalue weighted by molar-refractivity contribution is 0.324. The average Bonchev–Trinajstić information content (AvgIpc) is 2.49. The lowest BCUT2D eigenvalue weighted by atomic mass is 10.1. The molecule has 2 rings (SSSR count). The van der Waals surface area contributed by atoms with Crippen LogP contribution in [0.3, 0.4) is 0 Å². The van der Waals surface area contributed by atoms with Crippen LogP contribution in [0.2, 0.25) is 10.3 Å². The van der Waals surface area contributed by atoms with Gasteiger partial charge in [0.2, 0.25) is 5.75 Å². The molecule has 0 amide bonds. The van der Waals surface area contributed by atoms with Gasteiger partial charge in [-0.05, 0) is 17.7 Å². The van der Waals surface area contributed by atoms with Gasteiger partial charge in [-0.15, -0.1) is 0 Å². The van der Waals surface area contributed by atoms with Crippen LogP contribution in [0.4, 0.5) is 0 Å². The number of hydrogen-bond acceptors (Lipinski definition) is 5. The third-order valence-corrected chi connectivity index (χ3v) is 3.60. The molecule has 1 aromatic heterocycles. The number of aromatic nitrogens is 2. The molecule has 0 bridgehead atoms. The van der Waals surface area contributed by atoms with Crippen LogP contribution in [0, 0.1) is 0 Å². The van der Waals surface area contributed by atoms with E-state index in [9.17, 15) is 0 Å². The third-order valence-electron chi connectivity index (χ3n) is 2.95. The standard InChI is InChI=1S/C14H14Cl2N2O3/c1-19-10-5-8(6-11(20-2)12(10)21-3)4-9-13(15)17-7-18-14(9)16/h5-7H,4H2,1-3H3. The van der Waals surface area contributed by atoms with E-state index in [4.69, 9.17) is 37.4 Å². The fourth-order valence-corrected chi connectivity index (χ4v) is 2.41. The Morgan fingerprint density at radius 2 is 1.43 bits per heavy atom. The van der Waals surface area contributed by atoms with Crippen LogP contribution in [0.15, 0.2) is 18.5 Å². The molecule has 1 aromatic carbocycles. The first-order valence-corrected chi connectivity index (χ1v) is 6.80. The van der Waals surface area contributed by atoms with E-state index in [1.165, 1.54) is 6.33 Å². The first kappa shape index (κ1) is 15.7. The number of benzene rings is 1. The van der Waals surface area contributed by atoms with Crippen molar-refractivity contribution in [3.63, 3.8) is 0 Å². The molecule has 0 aliphatic carbocycles. The van der Waals surface area contributed by atoms with Crippen LogP contribution in [0.1, 0.15) is 11.1 Å². The van der Waals surface area contributed by atoms with Crippen molar-refractivity contribution >= 4 is 23.2 Å². The van der Waals surface area contributed by atoms with E-state index in [0.29, 0.717) is 39.5 Å². The van der Waals surface area contributed by atoms with Crippen LogP contribution >= 0.6 is 23.2 Å². The van der Waals surface area contributed by atoms with Gasteiger partial charge >= 0.3 is 0 Å². The Labute approximate surface area is 132 Å². The van der Waals surface area contributed by atoms with E-state index in [2.05, 4.69) is 9.97 Å². The van der Waals surface area contributed by atoms with Gasteiger partial charge in [0.1, 0.15) is 16.6 Å². The van der Waals surface area contributed by atoms with Crippen molar-refractivity contribution in [2.45, 2.75) is 6.42 Å². The number of ether oxygens (including phenoxy) is 3. The van der Waals surface area contributed by atoms with Crippen molar-refractivity contribution in [3.05, 3.63) is 39.9 Å². The lowest BCUT2D eigenvalue weighted by Gasteiger charge is -2.14. The maximum absolute atomic E-state index is 6.06. The van der Waals surface area contributed by atoms with E-state index in [-0.39, 0.29) is 0 Å². The maximum atomic E-state index is 6.06. The number of methoxy groups -OCH3 is 3. The van der Waals surface area contributed by atoms with Gasteiger partial charge in [-0.3, -0.25) is 0 Å². The Kier molecular flexibility index (Phi) is 5.09. The van der Waals surface area contributed by atoms with E-state index in [1.807, 2.05) is 12.1 Å². The van der Waals surface area contributed by atoms with Gasteiger partial charge in [-0.25, -0.2) is 9.97 Å². The summed E-state index contributed by atoms with van der Waals surface area (Å²) >= 11 is 12.1. The molecule has 0 saturated carbocycles. The predicted molar refractivity (Wildman–Crippen MR) is 81.0 cm³/mol. The highest BCUT2D eigenvalue weighted by atomic mass is 35.5. The molecule has 0 unspecified atom stereocenters. The van der Waals surface area contributed by atoms with Gasteiger partial charge in [-0.2, -0.15) is 0 Å². The van der Waals surface area contributed by atoms with Gasteiger partial charge in [0.15, 0.2) is 11.5 Å². The fourth-order valence-electron chi connectivity index (χ4n) is 1.96. The highest BCUT2D eigenvalue weighted by Crippen LogP contribution is 2.39.